The van der Waals surface area contributed by atoms with Crippen LogP contribution in [0, 0.1) is 13.8 Å². The minimum atomic E-state index is 0.615. The highest BCUT2D eigenvalue weighted by Gasteiger charge is 2.11. The number of hydrogen-bond acceptors (Lipinski definition) is 6. The van der Waals surface area contributed by atoms with E-state index in [0.717, 1.165) is 47.4 Å². The maximum Gasteiger partial charge on any atom is 0.180 e. The molecule has 0 aromatic carbocycles. The monoisotopic (exact) mass is 348 g/mol. The van der Waals surface area contributed by atoms with Crippen molar-refractivity contribution in [2.24, 2.45) is 0 Å². The second-order valence-corrected chi connectivity index (χ2v) is 6.02. The topological polar surface area (TPSA) is 66.8 Å². The van der Waals surface area contributed by atoms with Crippen LogP contribution in [0.1, 0.15) is 25.1 Å². The fourth-order valence-corrected chi connectivity index (χ4v) is 2.69. The summed E-state index contributed by atoms with van der Waals surface area (Å²) in [7, 11) is 0. The van der Waals surface area contributed by atoms with E-state index in [9.17, 15) is 0 Å². The van der Waals surface area contributed by atoms with Crippen LogP contribution in [0.2, 0.25) is 0 Å². The molecule has 0 aliphatic heterocycles. The largest absolute Gasteiger partial charge is 0.357 e. The number of hydrogen-bond donors (Lipinski definition) is 1. The summed E-state index contributed by atoms with van der Waals surface area (Å²) in [5.74, 6) is 2.37. The molecule has 0 fully saturated rings. The van der Waals surface area contributed by atoms with Gasteiger partial charge in [0.15, 0.2) is 5.82 Å². The maximum absolute atomic E-state index is 4.67. The van der Waals surface area contributed by atoms with Crippen LogP contribution in [0.5, 0.6) is 0 Å². The van der Waals surface area contributed by atoms with Gasteiger partial charge in [-0.2, -0.15) is 0 Å². The van der Waals surface area contributed by atoms with Crippen LogP contribution in [0.4, 0.5) is 17.3 Å². The Bertz CT molecular complexity index is 857. The molecule has 0 aliphatic carbocycles. The van der Waals surface area contributed by atoms with Gasteiger partial charge in [-0.25, -0.2) is 15.0 Å². The van der Waals surface area contributed by atoms with Crippen LogP contribution in [0.25, 0.3) is 11.5 Å². The van der Waals surface area contributed by atoms with Gasteiger partial charge in [0, 0.05) is 30.5 Å². The standard InChI is InChI=1S/C20H24N6/c1-5-26(6-2)18-11-10-16(13-22-18)24-19-14(3)15(4)23-20(25-19)17-9-7-8-12-21-17/h7-13H,5-6H2,1-4H3,(H,23,24,25). The molecule has 0 aliphatic rings. The molecule has 0 saturated heterocycles. The third-order valence-electron chi connectivity index (χ3n) is 4.38. The van der Waals surface area contributed by atoms with E-state index in [-0.39, 0.29) is 0 Å². The number of nitrogens with one attached hydrogen (secondary N) is 1. The minimum absolute atomic E-state index is 0.615. The number of rotatable bonds is 6. The summed E-state index contributed by atoms with van der Waals surface area (Å²) < 4.78 is 0. The van der Waals surface area contributed by atoms with Gasteiger partial charge in [0.2, 0.25) is 0 Å². The Labute approximate surface area is 154 Å². The molecular formula is C20H24N6. The summed E-state index contributed by atoms with van der Waals surface area (Å²) in [6, 6.07) is 9.78. The molecule has 0 atom stereocenters. The van der Waals surface area contributed by atoms with E-state index in [0.29, 0.717) is 5.82 Å². The molecule has 6 heteroatoms. The first kappa shape index (κ1) is 17.8. The Kier molecular flexibility index (Phi) is 5.41. The molecular weight excluding hydrogens is 324 g/mol. The molecule has 0 unspecified atom stereocenters. The lowest BCUT2D eigenvalue weighted by atomic mass is 10.2. The van der Waals surface area contributed by atoms with Crippen molar-refractivity contribution >= 4 is 17.3 Å². The quantitative estimate of drug-likeness (QED) is 0.722. The van der Waals surface area contributed by atoms with Crippen LogP contribution in [-0.2, 0) is 0 Å². The van der Waals surface area contributed by atoms with Crippen molar-refractivity contribution in [3.63, 3.8) is 0 Å². The van der Waals surface area contributed by atoms with Crippen molar-refractivity contribution in [1.82, 2.24) is 19.9 Å². The zero-order valence-corrected chi connectivity index (χ0v) is 15.7. The van der Waals surface area contributed by atoms with E-state index < -0.39 is 0 Å². The minimum Gasteiger partial charge on any atom is -0.357 e. The summed E-state index contributed by atoms with van der Waals surface area (Å²) in [5, 5.41) is 3.37. The first-order chi connectivity index (χ1) is 12.6. The third kappa shape index (κ3) is 3.79. The molecule has 0 bridgehead atoms. The lowest BCUT2D eigenvalue weighted by Gasteiger charge is -2.20. The van der Waals surface area contributed by atoms with Crippen LogP contribution in [-0.4, -0.2) is 33.0 Å². The second kappa shape index (κ2) is 7.91. The smallest absolute Gasteiger partial charge is 0.180 e. The van der Waals surface area contributed by atoms with Crippen molar-refractivity contribution in [1.29, 1.82) is 0 Å². The van der Waals surface area contributed by atoms with Gasteiger partial charge >= 0.3 is 0 Å². The summed E-state index contributed by atoms with van der Waals surface area (Å²) in [6.45, 7) is 10.1. The van der Waals surface area contributed by atoms with E-state index in [2.05, 4.69) is 44.0 Å². The zero-order valence-electron chi connectivity index (χ0n) is 15.7. The number of anilines is 3. The van der Waals surface area contributed by atoms with Crippen LogP contribution >= 0.6 is 0 Å². The van der Waals surface area contributed by atoms with Crippen molar-refractivity contribution in [2.45, 2.75) is 27.7 Å². The lowest BCUT2D eigenvalue weighted by Crippen LogP contribution is -2.22. The Morgan fingerprint density at radius 2 is 1.77 bits per heavy atom. The number of pyridine rings is 2. The molecule has 3 aromatic heterocycles. The van der Waals surface area contributed by atoms with E-state index in [4.69, 9.17) is 0 Å². The van der Waals surface area contributed by atoms with Gasteiger partial charge in [0.25, 0.3) is 0 Å². The SMILES string of the molecule is CCN(CC)c1ccc(Nc2nc(-c3ccccn3)nc(C)c2C)cn1. The van der Waals surface area contributed by atoms with Gasteiger partial charge in [0.1, 0.15) is 17.3 Å². The summed E-state index contributed by atoms with van der Waals surface area (Å²) in [6.07, 6.45) is 3.59. The molecule has 0 spiro atoms. The molecule has 0 saturated carbocycles. The lowest BCUT2D eigenvalue weighted by molar-refractivity contribution is 0.846. The summed E-state index contributed by atoms with van der Waals surface area (Å²) >= 11 is 0. The van der Waals surface area contributed by atoms with Gasteiger partial charge in [-0.1, -0.05) is 6.07 Å². The predicted molar refractivity (Wildman–Crippen MR) is 106 cm³/mol. The first-order valence-electron chi connectivity index (χ1n) is 8.87. The normalized spacial score (nSPS) is 10.6. The highest BCUT2D eigenvalue weighted by molar-refractivity contribution is 5.63. The van der Waals surface area contributed by atoms with Gasteiger partial charge < -0.3 is 10.2 Å². The first-order valence-corrected chi connectivity index (χ1v) is 8.87. The second-order valence-electron chi connectivity index (χ2n) is 6.02. The average molecular weight is 348 g/mol. The molecule has 0 radical (unpaired) electrons. The highest BCUT2D eigenvalue weighted by Crippen LogP contribution is 2.24. The Morgan fingerprint density at radius 1 is 0.962 bits per heavy atom. The maximum atomic E-state index is 4.67. The average Bonchev–Trinajstić information content (AvgIpc) is 2.68. The summed E-state index contributed by atoms with van der Waals surface area (Å²) in [4.78, 5) is 20.4. The number of aromatic nitrogens is 4. The number of nitrogens with zero attached hydrogens (tertiary/aromatic N) is 5. The molecule has 0 amide bonds. The Balaban J connectivity index is 1.89. The molecule has 134 valence electrons. The Morgan fingerprint density at radius 3 is 2.38 bits per heavy atom. The van der Waals surface area contributed by atoms with Gasteiger partial charge in [-0.3, -0.25) is 4.98 Å². The van der Waals surface area contributed by atoms with Crippen LogP contribution in [0.3, 0.4) is 0 Å². The van der Waals surface area contributed by atoms with E-state index >= 15 is 0 Å². The molecule has 3 rings (SSSR count). The van der Waals surface area contributed by atoms with Crippen molar-refractivity contribution in [3.05, 3.63) is 54.0 Å². The van der Waals surface area contributed by atoms with Crippen molar-refractivity contribution < 1.29 is 0 Å². The van der Waals surface area contributed by atoms with Crippen molar-refractivity contribution in [2.75, 3.05) is 23.3 Å². The molecule has 26 heavy (non-hydrogen) atoms. The molecule has 6 nitrogen and oxygen atoms in total. The van der Waals surface area contributed by atoms with Gasteiger partial charge in [0.05, 0.1) is 11.9 Å². The van der Waals surface area contributed by atoms with E-state index in [1.807, 2.05) is 50.4 Å². The number of aryl methyl sites for hydroxylation is 1. The van der Waals surface area contributed by atoms with Gasteiger partial charge in [-0.15, -0.1) is 0 Å². The van der Waals surface area contributed by atoms with Crippen molar-refractivity contribution in [3.8, 4) is 11.5 Å². The molecule has 3 heterocycles. The highest BCUT2D eigenvalue weighted by atomic mass is 15.2. The zero-order chi connectivity index (χ0) is 18.5. The fraction of sp³-hybridized carbons (Fsp3) is 0.300. The fourth-order valence-electron chi connectivity index (χ4n) is 2.69. The van der Waals surface area contributed by atoms with Gasteiger partial charge in [-0.05, 0) is 52.0 Å². The molecule has 3 aromatic rings. The van der Waals surface area contributed by atoms with E-state index in [1.54, 1.807) is 6.20 Å². The Hall–Kier alpha value is -3.02. The van der Waals surface area contributed by atoms with Crippen LogP contribution < -0.4 is 10.2 Å². The predicted octanol–water partition coefficient (Wildman–Crippen LogP) is 4.14. The summed E-state index contributed by atoms with van der Waals surface area (Å²) in [5.41, 5.74) is 3.59. The molecule has 1 N–H and O–H groups in total. The van der Waals surface area contributed by atoms with Crippen LogP contribution in [0.15, 0.2) is 42.7 Å². The third-order valence-corrected chi connectivity index (χ3v) is 4.38. The van der Waals surface area contributed by atoms with E-state index in [1.165, 1.54) is 0 Å².